The van der Waals surface area contributed by atoms with Crippen molar-refractivity contribution in [3.63, 3.8) is 0 Å². The molecule has 33 heavy (non-hydrogen) atoms. The number of nitrogens with zero attached hydrogens (tertiary/aromatic N) is 2. The van der Waals surface area contributed by atoms with Gasteiger partial charge in [0.05, 0.1) is 16.6 Å². The number of ether oxygens (including phenoxy) is 1. The lowest BCUT2D eigenvalue weighted by molar-refractivity contribution is -0.121. The second-order valence-corrected chi connectivity index (χ2v) is 9.64. The zero-order valence-corrected chi connectivity index (χ0v) is 20.0. The summed E-state index contributed by atoms with van der Waals surface area (Å²) in [5.74, 6) is 0.503. The van der Waals surface area contributed by atoms with E-state index < -0.39 is 0 Å². The number of hydrogen-bond acceptors (Lipinski definition) is 5. The molecule has 1 aromatic heterocycles. The van der Waals surface area contributed by atoms with Gasteiger partial charge in [-0.15, -0.1) is 0 Å². The van der Waals surface area contributed by atoms with Crippen molar-refractivity contribution < 1.29 is 13.9 Å². The van der Waals surface area contributed by atoms with Crippen LogP contribution in [0.5, 0.6) is 0 Å². The Bertz CT molecular complexity index is 983. The predicted molar refractivity (Wildman–Crippen MR) is 130 cm³/mol. The van der Waals surface area contributed by atoms with Crippen molar-refractivity contribution in [1.29, 1.82) is 0 Å². The van der Waals surface area contributed by atoms with Gasteiger partial charge in [-0.05, 0) is 69.3 Å². The first-order chi connectivity index (χ1) is 15.9. The Balaban J connectivity index is 1.47. The maximum absolute atomic E-state index is 14.5. The number of benzene rings is 1. The lowest BCUT2D eigenvalue weighted by atomic mass is 9.93. The summed E-state index contributed by atoms with van der Waals surface area (Å²) in [6, 6.07) is 7.14. The van der Waals surface area contributed by atoms with Gasteiger partial charge in [-0.1, -0.05) is 17.7 Å². The molecule has 2 fully saturated rings. The summed E-state index contributed by atoms with van der Waals surface area (Å²) >= 11 is 6.43. The van der Waals surface area contributed by atoms with E-state index in [9.17, 15) is 9.18 Å². The Morgan fingerprint density at radius 2 is 2.03 bits per heavy atom. The molecule has 178 valence electrons. The van der Waals surface area contributed by atoms with Crippen molar-refractivity contribution in [3.05, 3.63) is 41.3 Å². The van der Waals surface area contributed by atoms with Gasteiger partial charge in [0.1, 0.15) is 11.6 Å². The number of halogens is 2. The Morgan fingerprint density at radius 3 is 2.79 bits per heavy atom. The number of nitrogens with one attached hydrogen (secondary N) is 2. The summed E-state index contributed by atoms with van der Waals surface area (Å²) < 4.78 is 19.9. The van der Waals surface area contributed by atoms with E-state index >= 15 is 0 Å². The molecular weight excluding hydrogens is 443 g/mol. The molecule has 1 amide bonds. The molecule has 3 heterocycles. The fourth-order valence-corrected chi connectivity index (χ4v) is 4.70. The molecule has 0 radical (unpaired) electrons. The van der Waals surface area contributed by atoms with Crippen LogP contribution in [0.4, 0.5) is 15.9 Å². The van der Waals surface area contributed by atoms with Crippen LogP contribution >= 0.6 is 11.6 Å². The summed E-state index contributed by atoms with van der Waals surface area (Å²) in [6.45, 7) is 5.12. The molecule has 2 saturated heterocycles. The molecule has 6 nitrogen and oxygen atoms in total. The van der Waals surface area contributed by atoms with Crippen LogP contribution in [0.2, 0.25) is 5.02 Å². The summed E-state index contributed by atoms with van der Waals surface area (Å²) in [6.07, 6.45) is 5.33. The van der Waals surface area contributed by atoms with Crippen LogP contribution in [0, 0.1) is 17.7 Å². The third-order valence-corrected chi connectivity index (χ3v) is 7.17. The Morgan fingerprint density at radius 1 is 1.24 bits per heavy atom. The van der Waals surface area contributed by atoms with Crippen LogP contribution in [0.1, 0.15) is 32.6 Å². The van der Waals surface area contributed by atoms with Gasteiger partial charge in [0.2, 0.25) is 5.91 Å². The number of likely N-dealkylation sites (tertiary alicyclic amines) is 1. The van der Waals surface area contributed by atoms with Crippen LogP contribution in [0.15, 0.2) is 30.5 Å². The lowest BCUT2D eigenvalue weighted by Crippen LogP contribution is -2.43. The highest BCUT2D eigenvalue weighted by Gasteiger charge is 2.28. The summed E-state index contributed by atoms with van der Waals surface area (Å²) in [5, 5.41) is 6.63. The largest absolute Gasteiger partial charge is 0.382 e. The van der Waals surface area contributed by atoms with Crippen molar-refractivity contribution in [2.24, 2.45) is 11.8 Å². The molecule has 2 aliphatic heterocycles. The Kier molecular flexibility index (Phi) is 7.83. The van der Waals surface area contributed by atoms with E-state index in [0.717, 1.165) is 51.0 Å². The van der Waals surface area contributed by atoms with Crippen molar-refractivity contribution >= 4 is 29.0 Å². The van der Waals surface area contributed by atoms with Crippen LogP contribution in [0.25, 0.3) is 11.1 Å². The maximum atomic E-state index is 14.5. The minimum absolute atomic E-state index is 0.0348. The number of aromatic nitrogens is 1. The third kappa shape index (κ3) is 6.02. The van der Waals surface area contributed by atoms with E-state index in [-0.39, 0.29) is 17.6 Å². The lowest BCUT2D eigenvalue weighted by Gasteiger charge is -2.34. The normalized spacial score (nSPS) is 22.2. The molecule has 0 unspecified atom stereocenters. The molecule has 4 rings (SSSR count). The maximum Gasteiger partial charge on any atom is 0.229 e. The van der Waals surface area contributed by atoms with Gasteiger partial charge in [0.25, 0.3) is 0 Å². The van der Waals surface area contributed by atoms with Crippen molar-refractivity contribution in [2.45, 2.75) is 38.6 Å². The topological polar surface area (TPSA) is 66.5 Å². The van der Waals surface area contributed by atoms with E-state index in [2.05, 4.69) is 27.4 Å². The number of carbonyl (C=O) groups is 1. The molecule has 2 atom stereocenters. The smallest absolute Gasteiger partial charge is 0.229 e. The van der Waals surface area contributed by atoms with Gasteiger partial charge in [0, 0.05) is 44.1 Å². The zero-order chi connectivity index (χ0) is 23.4. The standard InChI is InChI=1S/C25H32ClFN4O2/c1-16-3-4-19(15-31(16)2)25(32)30-24-12-20(21(26)14-29-24)18-5-6-22(27)23(11-18)28-13-17-7-9-33-10-8-17/h5-6,11-12,14,16-17,19,28H,3-4,7-10,13,15H2,1-2H3,(H,29,30,32)/t16-,19-/m1/s1. The quantitative estimate of drug-likeness (QED) is 0.613. The van der Waals surface area contributed by atoms with Crippen LogP contribution < -0.4 is 10.6 Å². The molecule has 8 heteroatoms. The molecule has 1 aromatic carbocycles. The summed E-state index contributed by atoms with van der Waals surface area (Å²) in [4.78, 5) is 19.3. The second kappa shape index (κ2) is 10.8. The van der Waals surface area contributed by atoms with Crippen molar-refractivity contribution in [1.82, 2.24) is 9.88 Å². The molecular formula is C25H32ClFN4O2. The zero-order valence-electron chi connectivity index (χ0n) is 19.2. The van der Waals surface area contributed by atoms with Crippen molar-refractivity contribution in [2.75, 3.05) is 44.0 Å². The number of piperidine rings is 1. The summed E-state index contributed by atoms with van der Waals surface area (Å²) in [5.41, 5.74) is 1.90. The minimum Gasteiger partial charge on any atom is -0.382 e. The van der Waals surface area contributed by atoms with Gasteiger partial charge in [-0.2, -0.15) is 0 Å². The molecule has 0 spiro atoms. The monoisotopic (exact) mass is 474 g/mol. The molecule has 0 saturated carbocycles. The number of amides is 1. The van der Waals surface area contributed by atoms with Crippen LogP contribution in [-0.4, -0.2) is 55.2 Å². The highest BCUT2D eigenvalue weighted by atomic mass is 35.5. The minimum atomic E-state index is -0.305. The number of anilines is 2. The SMILES string of the molecule is C[C@@H]1CC[C@@H](C(=O)Nc2cc(-c3ccc(F)c(NCC4CCOCC4)c3)c(Cl)cn2)CN1C. The van der Waals surface area contributed by atoms with E-state index in [1.54, 1.807) is 18.2 Å². The number of pyridine rings is 1. The molecule has 2 N–H and O–H groups in total. The molecule has 0 aliphatic carbocycles. The number of rotatable bonds is 6. The Labute approximate surface area is 199 Å². The second-order valence-electron chi connectivity index (χ2n) is 9.23. The van der Waals surface area contributed by atoms with E-state index in [0.29, 0.717) is 40.6 Å². The average molecular weight is 475 g/mol. The fraction of sp³-hybridized carbons (Fsp3) is 0.520. The van der Waals surface area contributed by atoms with E-state index in [1.807, 2.05) is 7.05 Å². The van der Waals surface area contributed by atoms with Gasteiger partial charge in [0.15, 0.2) is 0 Å². The van der Waals surface area contributed by atoms with Gasteiger partial charge < -0.3 is 20.3 Å². The molecule has 2 aliphatic rings. The number of carbonyl (C=O) groups excluding carboxylic acids is 1. The van der Waals surface area contributed by atoms with Crippen LogP contribution in [-0.2, 0) is 9.53 Å². The first-order valence-corrected chi connectivity index (χ1v) is 12.1. The number of hydrogen-bond donors (Lipinski definition) is 2. The highest BCUT2D eigenvalue weighted by Crippen LogP contribution is 2.32. The third-order valence-electron chi connectivity index (χ3n) is 6.87. The first kappa shape index (κ1) is 23.9. The first-order valence-electron chi connectivity index (χ1n) is 11.7. The van der Waals surface area contributed by atoms with E-state index in [1.165, 1.54) is 12.3 Å². The van der Waals surface area contributed by atoms with Gasteiger partial charge >= 0.3 is 0 Å². The van der Waals surface area contributed by atoms with Gasteiger partial charge in [-0.3, -0.25) is 4.79 Å². The predicted octanol–water partition coefficient (Wildman–Crippen LogP) is 5.05. The highest BCUT2D eigenvalue weighted by molar-refractivity contribution is 6.33. The molecule has 0 bridgehead atoms. The average Bonchev–Trinajstić information content (AvgIpc) is 2.82. The van der Waals surface area contributed by atoms with Crippen LogP contribution in [0.3, 0.4) is 0 Å². The van der Waals surface area contributed by atoms with Crippen molar-refractivity contribution in [3.8, 4) is 11.1 Å². The summed E-state index contributed by atoms with van der Waals surface area (Å²) in [7, 11) is 2.05. The fourth-order valence-electron chi connectivity index (χ4n) is 4.49. The van der Waals surface area contributed by atoms with Gasteiger partial charge in [-0.25, -0.2) is 9.37 Å². The Hall–Kier alpha value is -2.22. The van der Waals surface area contributed by atoms with E-state index in [4.69, 9.17) is 16.3 Å². The molecule has 2 aromatic rings.